The predicted octanol–water partition coefficient (Wildman–Crippen LogP) is 4.97. The highest BCUT2D eigenvalue weighted by molar-refractivity contribution is 9.09. The minimum Gasteiger partial charge on any atom is -0.371 e. The number of aryl methyl sites for hydroxylation is 2. The Morgan fingerprint density at radius 2 is 1.83 bits per heavy atom. The molecule has 0 saturated heterocycles. The van der Waals surface area contributed by atoms with E-state index in [-0.39, 0.29) is 11.4 Å². The highest BCUT2D eigenvalue weighted by Crippen LogP contribution is 2.32. The number of halogens is 5. The number of ether oxygens (including phenoxy) is 1. The molecule has 1 aromatic rings. The van der Waals surface area contributed by atoms with Gasteiger partial charge in [-0.05, 0) is 36.6 Å². The van der Waals surface area contributed by atoms with Crippen molar-refractivity contribution in [2.75, 3.05) is 13.2 Å². The number of hydrogen-bond acceptors (Lipinski definition) is 1. The maximum absolute atomic E-state index is 11.9. The average Bonchev–Trinajstić information content (AvgIpc) is 2.21. The first kappa shape index (κ1) is 15.8. The van der Waals surface area contributed by atoms with Crippen molar-refractivity contribution in [3.8, 4) is 0 Å². The maximum Gasteiger partial charge on any atom is 0.411 e. The van der Waals surface area contributed by atoms with Gasteiger partial charge < -0.3 is 4.74 Å². The summed E-state index contributed by atoms with van der Waals surface area (Å²) in [5.74, 6) is 0. The van der Waals surface area contributed by atoms with Gasteiger partial charge in [0.05, 0.1) is 11.4 Å². The lowest BCUT2D eigenvalue weighted by atomic mass is 10.0. The van der Waals surface area contributed by atoms with Crippen LogP contribution < -0.4 is 0 Å². The Hall–Kier alpha value is -0.260. The Bertz CT molecular complexity index is 421. The second kappa shape index (κ2) is 6.26. The molecule has 1 nitrogen and oxygen atoms in total. The Morgan fingerprint density at radius 1 is 1.28 bits per heavy atom. The van der Waals surface area contributed by atoms with E-state index in [9.17, 15) is 13.2 Å². The standard InChI is InChI=1S/C12H13BrClF3O/c1-7-3-9(11(14)4-8(7)2)10(13)5-18-6-12(15,16)17/h3-4,10H,5-6H2,1-2H3. The third kappa shape index (κ3) is 4.78. The third-order valence-electron chi connectivity index (χ3n) is 2.48. The van der Waals surface area contributed by atoms with E-state index in [4.69, 9.17) is 11.6 Å². The van der Waals surface area contributed by atoms with Crippen LogP contribution in [0.1, 0.15) is 21.5 Å². The Balaban J connectivity index is 2.67. The second-order valence-electron chi connectivity index (χ2n) is 4.06. The molecule has 0 fully saturated rings. The third-order valence-corrected chi connectivity index (χ3v) is 3.57. The number of rotatable bonds is 4. The Kier molecular flexibility index (Phi) is 5.49. The van der Waals surface area contributed by atoms with E-state index < -0.39 is 12.8 Å². The molecule has 0 aliphatic heterocycles. The van der Waals surface area contributed by atoms with Gasteiger partial charge in [-0.1, -0.05) is 33.6 Å². The smallest absolute Gasteiger partial charge is 0.371 e. The van der Waals surface area contributed by atoms with Gasteiger partial charge in [-0.3, -0.25) is 0 Å². The lowest BCUT2D eigenvalue weighted by Crippen LogP contribution is -2.18. The highest BCUT2D eigenvalue weighted by atomic mass is 79.9. The number of benzene rings is 1. The van der Waals surface area contributed by atoms with Crippen molar-refractivity contribution >= 4 is 27.5 Å². The SMILES string of the molecule is Cc1cc(Cl)c(C(Br)COCC(F)(F)F)cc1C. The fraction of sp³-hybridized carbons (Fsp3) is 0.500. The number of hydrogen-bond donors (Lipinski definition) is 0. The van der Waals surface area contributed by atoms with Crippen LogP contribution in [0.15, 0.2) is 12.1 Å². The fourth-order valence-electron chi connectivity index (χ4n) is 1.41. The zero-order valence-electron chi connectivity index (χ0n) is 9.94. The molecule has 18 heavy (non-hydrogen) atoms. The van der Waals surface area contributed by atoms with Crippen molar-refractivity contribution in [2.45, 2.75) is 24.9 Å². The zero-order valence-corrected chi connectivity index (χ0v) is 12.3. The maximum atomic E-state index is 11.9. The van der Waals surface area contributed by atoms with Crippen molar-refractivity contribution < 1.29 is 17.9 Å². The van der Waals surface area contributed by atoms with Crippen LogP contribution in [-0.2, 0) is 4.74 Å². The van der Waals surface area contributed by atoms with Crippen LogP contribution in [0.3, 0.4) is 0 Å². The molecule has 0 amide bonds. The van der Waals surface area contributed by atoms with E-state index in [0.717, 1.165) is 16.7 Å². The first-order valence-electron chi connectivity index (χ1n) is 5.26. The second-order valence-corrected chi connectivity index (χ2v) is 5.57. The lowest BCUT2D eigenvalue weighted by molar-refractivity contribution is -0.173. The first-order valence-corrected chi connectivity index (χ1v) is 6.55. The average molecular weight is 346 g/mol. The van der Waals surface area contributed by atoms with Crippen LogP contribution in [0.2, 0.25) is 5.02 Å². The monoisotopic (exact) mass is 344 g/mol. The van der Waals surface area contributed by atoms with E-state index in [2.05, 4.69) is 20.7 Å². The molecule has 1 atom stereocenters. The zero-order chi connectivity index (χ0) is 13.9. The molecular formula is C12H13BrClF3O. The van der Waals surface area contributed by atoms with E-state index in [1.54, 1.807) is 6.07 Å². The lowest BCUT2D eigenvalue weighted by Gasteiger charge is -2.15. The van der Waals surface area contributed by atoms with E-state index in [1.807, 2.05) is 19.9 Å². The van der Waals surface area contributed by atoms with E-state index >= 15 is 0 Å². The van der Waals surface area contributed by atoms with Gasteiger partial charge >= 0.3 is 6.18 Å². The molecule has 1 aromatic carbocycles. The molecule has 0 aliphatic rings. The van der Waals surface area contributed by atoms with Crippen LogP contribution in [0.4, 0.5) is 13.2 Å². The largest absolute Gasteiger partial charge is 0.411 e. The molecule has 1 rings (SSSR count). The predicted molar refractivity (Wildman–Crippen MR) is 69.5 cm³/mol. The van der Waals surface area contributed by atoms with Gasteiger partial charge in [0, 0.05) is 5.02 Å². The van der Waals surface area contributed by atoms with Crippen LogP contribution in [0.5, 0.6) is 0 Å². The van der Waals surface area contributed by atoms with E-state index in [1.165, 1.54) is 0 Å². The molecule has 0 saturated carbocycles. The van der Waals surface area contributed by atoms with Gasteiger partial charge in [0.15, 0.2) is 0 Å². The summed E-state index contributed by atoms with van der Waals surface area (Å²) >= 11 is 9.34. The van der Waals surface area contributed by atoms with Crippen molar-refractivity contribution in [1.82, 2.24) is 0 Å². The molecule has 102 valence electrons. The summed E-state index contributed by atoms with van der Waals surface area (Å²) in [5.41, 5.74) is 2.82. The van der Waals surface area contributed by atoms with Crippen molar-refractivity contribution in [2.24, 2.45) is 0 Å². The first-order chi connectivity index (χ1) is 8.20. The van der Waals surface area contributed by atoms with Crippen molar-refractivity contribution in [3.63, 3.8) is 0 Å². The van der Waals surface area contributed by atoms with E-state index in [0.29, 0.717) is 5.02 Å². The Morgan fingerprint density at radius 3 is 2.39 bits per heavy atom. The Labute approximate surface area is 117 Å². The molecule has 0 radical (unpaired) electrons. The summed E-state index contributed by atoms with van der Waals surface area (Å²) < 4.78 is 40.4. The van der Waals surface area contributed by atoms with Crippen LogP contribution in [0.25, 0.3) is 0 Å². The summed E-state index contributed by atoms with van der Waals surface area (Å²) in [4.78, 5) is -0.355. The van der Waals surface area contributed by atoms with Crippen LogP contribution >= 0.6 is 27.5 Å². The summed E-state index contributed by atoms with van der Waals surface area (Å²) in [6.45, 7) is 2.51. The molecular weight excluding hydrogens is 332 g/mol. The van der Waals surface area contributed by atoms with Gasteiger partial charge in [-0.2, -0.15) is 13.2 Å². The van der Waals surface area contributed by atoms with Gasteiger partial charge in [-0.15, -0.1) is 0 Å². The van der Waals surface area contributed by atoms with Crippen molar-refractivity contribution in [1.29, 1.82) is 0 Å². The van der Waals surface area contributed by atoms with Gasteiger partial charge in [0.1, 0.15) is 6.61 Å². The minimum absolute atomic E-state index is 0.0816. The molecule has 0 heterocycles. The molecule has 0 bridgehead atoms. The van der Waals surface area contributed by atoms with Crippen LogP contribution in [-0.4, -0.2) is 19.4 Å². The summed E-state index contributed by atoms with van der Waals surface area (Å²) in [5, 5.41) is 0.524. The highest BCUT2D eigenvalue weighted by Gasteiger charge is 2.28. The summed E-state index contributed by atoms with van der Waals surface area (Å²) in [6, 6.07) is 3.65. The summed E-state index contributed by atoms with van der Waals surface area (Å²) in [6.07, 6.45) is -4.31. The van der Waals surface area contributed by atoms with Gasteiger partial charge in [0.2, 0.25) is 0 Å². The quantitative estimate of drug-likeness (QED) is 0.700. The summed E-state index contributed by atoms with van der Waals surface area (Å²) in [7, 11) is 0. The van der Waals surface area contributed by atoms with Crippen LogP contribution in [0, 0.1) is 13.8 Å². The van der Waals surface area contributed by atoms with Crippen molar-refractivity contribution in [3.05, 3.63) is 33.8 Å². The van der Waals surface area contributed by atoms with Gasteiger partial charge in [0.25, 0.3) is 0 Å². The normalized spacial score (nSPS) is 13.7. The fourth-order valence-corrected chi connectivity index (χ4v) is 2.46. The topological polar surface area (TPSA) is 9.23 Å². The number of alkyl halides is 4. The molecule has 0 N–H and O–H groups in total. The molecule has 0 aromatic heterocycles. The molecule has 0 spiro atoms. The molecule has 6 heteroatoms. The molecule has 1 unspecified atom stereocenters. The molecule has 0 aliphatic carbocycles. The van der Waals surface area contributed by atoms with Gasteiger partial charge in [-0.25, -0.2) is 0 Å². The minimum atomic E-state index is -4.31.